The molecule has 6 nitrogen and oxygen atoms in total. The minimum absolute atomic E-state index is 0.0586. The van der Waals surface area contributed by atoms with Crippen molar-refractivity contribution in [1.82, 2.24) is 20.9 Å². The normalized spacial score (nSPS) is 21.2. The summed E-state index contributed by atoms with van der Waals surface area (Å²) in [6.45, 7) is 4.54. The molecule has 7 heteroatoms. The van der Waals surface area contributed by atoms with E-state index < -0.39 is 5.54 Å². The number of rotatable bonds is 2. The van der Waals surface area contributed by atoms with Crippen LogP contribution in [0.4, 0.5) is 4.79 Å². The van der Waals surface area contributed by atoms with Gasteiger partial charge in [0.2, 0.25) is 5.91 Å². The molecular weight excluding hydrogens is 328 g/mol. The van der Waals surface area contributed by atoms with Crippen molar-refractivity contribution in [2.45, 2.75) is 31.3 Å². The van der Waals surface area contributed by atoms with Gasteiger partial charge in [-0.1, -0.05) is 23.7 Å². The van der Waals surface area contributed by atoms with Crippen LogP contribution in [0.3, 0.4) is 0 Å². The van der Waals surface area contributed by atoms with Gasteiger partial charge in [0.05, 0.1) is 6.04 Å². The van der Waals surface area contributed by atoms with E-state index in [1.54, 1.807) is 4.90 Å². The van der Waals surface area contributed by atoms with Crippen LogP contribution >= 0.6 is 11.6 Å². The molecule has 0 aromatic heterocycles. The van der Waals surface area contributed by atoms with Crippen molar-refractivity contribution in [3.63, 3.8) is 0 Å². The van der Waals surface area contributed by atoms with Crippen LogP contribution in [-0.2, 0) is 4.79 Å². The number of piperidine rings is 1. The van der Waals surface area contributed by atoms with Gasteiger partial charge in [-0.05, 0) is 37.5 Å². The SMILES string of the molecule is C[C@@H](NC(=O)N1CCC2(CC1)NCCNC2=O)c1ccc(Cl)cc1. The van der Waals surface area contributed by atoms with Gasteiger partial charge in [-0.3, -0.25) is 4.79 Å². The fraction of sp³-hybridized carbons (Fsp3) is 0.529. The van der Waals surface area contributed by atoms with Gasteiger partial charge < -0.3 is 20.9 Å². The summed E-state index contributed by atoms with van der Waals surface area (Å²) in [5, 5.41) is 9.93. The van der Waals surface area contributed by atoms with Gasteiger partial charge in [0.25, 0.3) is 0 Å². The standard InChI is InChI=1S/C17H23ClN4O2/c1-12(13-2-4-14(18)5-3-13)21-16(24)22-10-6-17(7-11-22)15(23)19-8-9-20-17/h2-5,12,20H,6-11H2,1H3,(H,19,23)(H,21,24)/t12-/m1/s1. The van der Waals surface area contributed by atoms with Crippen LogP contribution in [0.25, 0.3) is 0 Å². The van der Waals surface area contributed by atoms with E-state index in [4.69, 9.17) is 11.6 Å². The molecular formula is C17H23ClN4O2. The third-order valence-electron chi connectivity index (χ3n) is 4.92. The summed E-state index contributed by atoms with van der Waals surface area (Å²) >= 11 is 5.89. The molecule has 2 fully saturated rings. The first-order valence-electron chi connectivity index (χ1n) is 8.34. The summed E-state index contributed by atoms with van der Waals surface area (Å²) in [6, 6.07) is 7.27. The number of nitrogens with zero attached hydrogens (tertiary/aromatic N) is 1. The molecule has 1 aromatic rings. The Hall–Kier alpha value is -1.79. The summed E-state index contributed by atoms with van der Waals surface area (Å²) in [7, 11) is 0. The molecule has 1 aromatic carbocycles. The van der Waals surface area contributed by atoms with Crippen LogP contribution in [0.5, 0.6) is 0 Å². The Balaban J connectivity index is 1.55. The molecule has 1 spiro atoms. The highest BCUT2D eigenvalue weighted by Gasteiger charge is 2.43. The summed E-state index contributed by atoms with van der Waals surface area (Å²) in [5.74, 6) is 0.0586. The molecule has 24 heavy (non-hydrogen) atoms. The Kier molecular flexibility index (Phi) is 4.96. The van der Waals surface area contributed by atoms with Gasteiger partial charge in [0.15, 0.2) is 0 Å². The Bertz CT molecular complexity index is 612. The van der Waals surface area contributed by atoms with E-state index in [1.807, 2.05) is 31.2 Å². The summed E-state index contributed by atoms with van der Waals surface area (Å²) in [5.41, 5.74) is 0.506. The predicted octanol–water partition coefficient (Wildman–Crippen LogP) is 1.66. The van der Waals surface area contributed by atoms with Gasteiger partial charge in [-0.25, -0.2) is 4.79 Å². The number of carbonyl (C=O) groups excluding carboxylic acids is 2. The zero-order valence-electron chi connectivity index (χ0n) is 13.8. The topological polar surface area (TPSA) is 73.5 Å². The average molecular weight is 351 g/mol. The molecule has 130 valence electrons. The Morgan fingerprint density at radius 2 is 1.92 bits per heavy atom. The number of urea groups is 1. The molecule has 3 N–H and O–H groups in total. The molecule has 0 aliphatic carbocycles. The lowest BCUT2D eigenvalue weighted by atomic mass is 9.85. The van der Waals surface area contributed by atoms with Crippen LogP contribution in [0.1, 0.15) is 31.4 Å². The van der Waals surface area contributed by atoms with E-state index >= 15 is 0 Å². The van der Waals surface area contributed by atoms with Gasteiger partial charge in [-0.15, -0.1) is 0 Å². The number of piperazine rings is 1. The quantitative estimate of drug-likeness (QED) is 0.759. The number of carbonyl (C=O) groups is 2. The maximum absolute atomic E-state index is 12.5. The first-order chi connectivity index (χ1) is 11.5. The lowest BCUT2D eigenvalue weighted by Crippen LogP contribution is -2.67. The second kappa shape index (κ2) is 6.99. The number of likely N-dealkylation sites (tertiary alicyclic amines) is 1. The third-order valence-corrected chi connectivity index (χ3v) is 5.17. The van der Waals surface area contributed by atoms with Crippen molar-refractivity contribution in [2.24, 2.45) is 0 Å². The highest BCUT2D eigenvalue weighted by Crippen LogP contribution is 2.24. The highest BCUT2D eigenvalue weighted by molar-refractivity contribution is 6.30. The first kappa shape index (κ1) is 17.0. The Morgan fingerprint density at radius 3 is 2.54 bits per heavy atom. The smallest absolute Gasteiger partial charge is 0.317 e. The molecule has 3 rings (SSSR count). The van der Waals surface area contributed by atoms with Crippen molar-refractivity contribution in [3.05, 3.63) is 34.9 Å². The third kappa shape index (κ3) is 3.49. The molecule has 0 unspecified atom stereocenters. The van der Waals surface area contributed by atoms with Crippen molar-refractivity contribution < 1.29 is 9.59 Å². The number of amides is 3. The molecule has 2 heterocycles. The lowest BCUT2D eigenvalue weighted by Gasteiger charge is -2.43. The Morgan fingerprint density at radius 1 is 1.25 bits per heavy atom. The van der Waals surface area contributed by atoms with Gasteiger partial charge in [0, 0.05) is 31.2 Å². The number of halogens is 1. The molecule has 0 bridgehead atoms. The lowest BCUT2D eigenvalue weighted by molar-refractivity contribution is -0.131. The van der Waals surface area contributed by atoms with Crippen molar-refractivity contribution in [1.29, 1.82) is 0 Å². The molecule has 1 atom stereocenters. The van der Waals surface area contributed by atoms with Gasteiger partial charge in [-0.2, -0.15) is 0 Å². The van der Waals surface area contributed by atoms with E-state index in [2.05, 4.69) is 16.0 Å². The largest absolute Gasteiger partial charge is 0.353 e. The zero-order chi connectivity index (χ0) is 17.2. The van der Waals surface area contributed by atoms with Crippen LogP contribution in [0.15, 0.2) is 24.3 Å². The van der Waals surface area contributed by atoms with Crippen molar-refractivity contribution in [3.8, 4) is 0 Å². The van der Waals surface area contributed by atoms with E-state index in [9.17, 15) is 9.59 Å². The highest BCUT2D eigenvalue weighted by atomic mass is 35.5. The second-order valence-corrected chi connectivity index (χ2v) is 6.91. The number of nitrogens with one attached hydrogen (secondary N) is 3. The van der Waals surface area contributed by atoms with Crippen molar-refractivity contribution >= 4 is 23.5 Å². The fourth-order valence-electron chi connectivity index (χ4n) is 3.33. The number of benzene rings is 1. The van der Waals surface area contributed by atoms with Crippen LogP contribution in [0, 0.1) is 0 Å². The molecule has 2 aliphatic rings. The minimum atomic E-state index is -0.503. The summed E-state index contributed by atoms with van der Waals surface area (Å²) < 4.78 is 0. The maximum atomic E-state index is 12.5. The van der Waals surface area contributed by atoms with E-state index in [0.29, 0.717) is 37.5 Å². The zero-order valence-corrected chi connectivity index (χ0v) is 14.5. The maximum Gasteiger partial charge on any atom is 0.317 e. The average Bonchev–Trinajstić information content (AvgIpc) is 2.59. The Labute approximate surface area is 146 Å². The van der Waals surface area contributed by atoms with E-state index in [-0.39, 0.29) is 18.0 Å². The second-order valence-electron chi connectivity index (χ2n) is 6.47. The summed E-state index contributed by atoms with van der Waals surface area (Å²) in [6.07, 6.45) is 1.28. The van der Waals surface area contributed by atoms with Crippen LogP contribution in [-0.4, -0.2) is 48.6 Å². The van der Waals surface area contributed by atoms with Gasteiger partial charge in [0.1, 0.15) is 5.54 Å². The molecule has 0 saturated carbocycles. The minimum Gasteiger partial charge on any atom is -0.353 e. The number of hydrogen-bond acceptors (Lipinski definition) is 3. The van der Waals surface area contributed by atoms with Gasteiger partial charge >= 0.3 is 6.03 Å². The first-order valence-corrected chi connectivity index (χ1v) is 8.72. The molecule has 3 amide bonds. The fourth-order valence-corrected chi connectivity index (χ4v) is 3.46. The van der Waals surface area contributed by atoms with Crippen molar-refractivity contribution in [2.75, 3.05) is 26.2 Å². The molecule has 2 aliphatic heterocycles. The van der Waals surface area contributed by atoms with E-state index in [1.165, 1.54) is 0 Å². The van der Waals surface area contributed by atoms with E-state index in [0.717, 1.165) is 12.1 Å². The predicted molar refractivity (Wildman–Crippen MR) is 92.9 cm³/mol. The number of hydrogen-bond donors (Lipinski definition) is 3. The van der Waals surface area contributed by atoms with Crippen LogP contribution in [0.2, 0.25) is 5.02 Å². The van der Waals surface area contributed by atoms with Crippen LogP contribution < -0.4 is 16.0 Å². The monoisotopic (exact) mass is 350 g/mol. The summed E-state index contributed by atoms with van der Waals surface area (Å²) in [4.78, 5) is 26.4. The molecule has 0 radical (unpaired) electrons. The molecule has 2 saturated heterocycles.